The highest BCUT2D eigenvalue weighted by Gasteiger charge is 2.20. The van der Waals surface area contributed by atoms with Gasteiger partial charge < -0.3 is 15.1 Å². The number of aryl methyl sites for hydroxylation is 2. The predicted molar refractivity (Wildman–Crippen MR) is 126 cm³/mol. The molecule has 0 atom stereocenters. The Hall–Kier alpha value is -2.55. The molecule has 1 aliphatic heterocycles. The zero-order valence-electron chi connectivity index (χ0n) is 17.9. The maximum atomic E-state index is 12.9. The first-order valence-electron chi connectivity index (χ1n) is 10.3. The molecule has 31 heavy (non-hydrogen) atoms. The van der Waals surface area contributed by atoms with Gasteiger partial charge in [-0.3, -0.25) is 4.79 Å². The number of piperazine rings is 1. The van der Waals surface area contributed by atoms with Crippen LogP contribution in [0.25, 0.3) is 0 Å². The van der Waals surface area contributed by atoms with Crippen molar-refractivity contribution in [3.05, 3.63) is 57.3 Å². The van der Waals surface area contributed by atoms with Crippen LogP contribution in [0.2, 0.25) is 5.02 Å². The van der Waals surface area contributed by atoms with E-state index in [0.717, 1.165) is 44.1 Å². The van der Waals surface area contributed by atoms with Gasteiger partial charge in [0.15, 0.2) is 5.13 Å². The molecule has 1 aliphatic rings. The van der Waals surface area contributed by atoms with E-state index >= 15 is 0 Å². The molecule has 0 radical (unpaired) electrons. The van der Waals surface area contributed by atoms with Gasteiger partial charge in [-0.1, -0.05) is 42.0 Å². The lowest BCUT2D eigenvalue weighted by atomic mass is 10.0. The molecule has 3 aromatic rings. The molecule has 1 fully saturated rings. The van der Waals surface area contributed by atoms with Crippen LogP contribution in [0.1, 0.15) is 33.5 Å². The minimum absolute atomic E-state index is 0.123. The van der Waals surface area contributed by atoms with Crippen LogP contribution < -0.4 is 10.2 Å². The highest BCUT2D eigenvalue weighted by atomic mass is 35.5. The first-order chi connectivity index (χ1) is 14.9. The lowest BCUT2D eigenvalue weighted by Gasteiger charge is -2.34. The summed E-state index contributed by atoms with van der Waals surface area (Å²) in [5, 5.41) is 4.29. The smallest absolute Gasteiger partial charge is 0.206 e. The van der Waals surface area contributed by atoms with Crippen molar-refractivity contribution in [1.82, 2.24) is 19.9 Å². The summed E-state index contributed by atoms with van der Waals surface area (Å²) in [7, 11) is 0. The molecule has 162 valence electrons. The quantitative estimate of drug-likeness (QED) is 0.553. The fraction of sp³-hybridized carbons (Fsp3) is 0.364. The van der Waals surface area contributed by atoms with Crippen LogP contribution in [0, 0.1) is 13.8 Å². The van der Waals surface area contributed by atoms with E-state index in [-0.39, 0.29) is 5.78 Å². The van der Waals surface area contributed by atoms with Gasteiger partial charge in [0, 0.05) is 37.8 Å². The molecule has 0 spiro atoms. The van der Waals surface area contributed by atoms with E-state index in [1.54, 1.807) is 12.3 Å². The Morgan fingerprint density at radius 2 is 1.97 bits per heavy atom. The molecule has 1 aromatic carbocycles. The number of likely N-dealkylation sites (N-methyl/N-ethyl adjacent to an activating group) is 1. The summed E-state index contributed by atoms with van der Waals surface area (Å²) in [6.07, 6.45) is 1.58. The average molecular weight is 457 g/mol. The Balaban J connectivity index is 1.51. The van der Waals surface area contributed by atoms with Crippen molar-refractivity contribution in [1.29, 1.82) is 0 Å². The number of nitrogens with zero attached hydrogens (tertiary/aromatic N) is 5. The normalized spacial score (nSPS) is 14.6. The molecule has 4 rings (SSSR count). The third-order valence-electron chi connectivity index (χ3n) is 5.38. The molecule has 9 heteroatoms. The standard InChI is InChI=1S/C22H25ClN6OS/c1-4-28-8-10-29(11-9-28)19-12-18(25-15(3)26-19)27-22-24-13-17(31-22)21(30)20-14(2)6-5-7-16(20)23/h5-7,12-13H,4,8-11H2,1-3H3,(H,24,25,26,27). The van der Waals surface area contributed by atoms with Gasteiger partial charge >= 0.3 is 0 Å². The molecule has 0 bridgehead atoms. The van der Waals surface area contributed by atoms with Gasteiger partial charge in [-0.2, -0.15) is 0 Å². The molecule has 0 unspecified atom stereocenters. The molecule has 0 saturated carbocycles. The second-order valence-electron chi connectivity index (χ2n) is 7.50. The van der Waals surface area contributed by atoms with Crippen molar-refractivity contribution < 1.29 is 4.79 Å². The zero-order chi connectivity index (χ0) is 22.0. The van der Waals surface area contributed by atoms with E-state index in [9.17, 15) is 4.79 Å². The number of halogens is 1. The van der Waals surface area contributed by atoms with Crippen molar-refractivity contribution in [2.75, 3.05) is 42.9 Å². The molecule has 1 saturated heterocycles. The molecular formula is C22H25ClN6OS. The maximum absolute atomic E-state index is 12.9. The Kier molecular flexibility index (Phi) is 6.50. The summed E-state index contributed by atoms with van der Waals surface area (Å²) in [6.45, 7) is 11.0. The summed E-state index contributed by atoms with van der Waals surface area (Å²) >= 11 is 7.55. The van der Waals surface area contributed by atoms with Crippen molar-refractivity contribution in [2.45, 2.75) is 20.8 Å². The third kappa shape index (κ3) is 4.87. The summed E-state index contributed by atoms with van der Waals surface area (Å²) in [5.74, 6) is 2.15. The Morgan fingerprint density at radius 1 is 1.19 bits per heavy atom. The number of benzene rings is 1. The number of anilines is 3. The molecular weight excluding hydrogens is 432 g/mol. The van der Waals surface area contributed by atoms with Gasteiger partial charge in [0.1, 0.15) is 17.5 Å². The number of carbonyl (C=O) groups is 1. The number of thiazole rings is 1. The SMILES string of the molecule is CCN1CCN(c2cc(Nc3ncc(C(=O)c4c(C)cccc4Cl)s3)nc(C)n2)CC1. The van der Waals surface area contributed by atoms with E-state index in [1.165, 1.54) is 11.3 Å². The van der Waals surface area contributed by atoms with Crippen LogP contribution >= 0.6 is 22.9 Å². The second kappa shape index (κ2) is 9.30. The minimum atomic E-state index is -0.123. The summed E-state index contributed by atoms with van der Waals surface area (Å²) in [6, 6.07) is 7.39. The third-order valence-corrected chi connectivity index (χ3v) is 6.61. The number of hydrogen-bond donors (Lipinski definition) is 1. The molecule has 7 nitrogen and oxygen atoms in total. The highest BCUT2D eigenvalue weighted by molar-refractivity contribution is 7.17. The molecule has 1 N–H and O–H groups in total. The van der Waals surface area contributed by atoms with Crippen LogP contribution in [-0.4, -0.2) is 58.4 Å². The fourth-order valence-electron chi connectivity index (χ4n) is 3.66. The summed E-state index contributed by atoms with van der Waals surface area (Å²) in [4.78, 5) is 31.7. The molecule has 0 aliphatic carbocycles. The van der Waals surface area contributed by atoms with Gasteiger partial charge in [-0.25, -0.2) is 15.0 Å². The number of nitrogens with one attached hydrogen (secondary N) is 1. The fourth-order valence-corrected chi connectivity index (χ4v) is 4.74. The summed E-state index contributed by atoms with van der Waals surface area (Å²) in [5.41, 5.74) is 1.37. The van der Waals surface area contributed by atoms with Crippen LogP contribution in [0.15, 0.2) is 30.5 Å². The lowest BCUT2D eigenvalue weighted by Crippen LogP contribution is -2.46. The van der Waals surface area contributed by atoms with E-state index in [1.807, 2.05) is 32.0 Å². The second-order valence-corrected chi connectivity index (χ2v) is 8.93. The predicted octanol–water partition coefficient (Wildman–Crippen LogP) is 4.32. The maximum Gasteiger partial charge on any atom is 0.206 e. The van der Waals surface area contributed by atoms with Gasteiger partial charge in [0.2, 0.25) is 5.78 Å². The molecule has 2 aromatic heterocycles. The van der Waals surface area contributed by atoms with E-state index in [0.29, 0.717) is 32.2 Å². The number of aromatic nitrogens is 3. The van der Waals surface area contributed by atoms with Gasteiger partial charge in [0.05, 0.1) is 16.1 Å². The van der Waals surface area contributed by atoms with E-state index in [4.69, 9.17) is 11.6 Å². The highest BCUT2D eigenvalue weighted by Crippen LogP contribution is 2.29. The van der Waals surface area contributed by atoms with Crippen LogP contribution in [0.5, 0.6) is 0 Å². The zero-order valence-corrected chi connectivity index (χ0v) is 19.4. The van der Waals surface area contributed by atoms with Crippen LogP contribution in [-0.2, 0) is 0 Å². The Bertz CT molecular complexity index is 1070. The molecule has 3 heterocycles. The van der Waals surface area contributed by atoms with Crippen molar-refractivity contribution in [3.63, 3.8) is 0 Å². The number of hydrogen-bond acceptors (Lipinski definition) is 8. The van der Waals surface area contributed by atoms with Crippen LogP contribution in [0.4, 0.5) is 16.8 Å². The van der Waals surface area contributed by atoms with Gasteiger partial charge in [-0.15, -0.1) is 0 Å². The lowest BCUT2D eigenvalue weighted by molar-refractivity contribution is 0.104. The monoisotopic (exact) mass is 456 g/mol. The Labute approximate surface area is 191 Å². The van der Waals surface area contributed by atoms with Gasteiger partial charge in [-0.05, 0) is 32.0 Å². The first kappa shape index (κ1) is 21.7. The first-order valence-corrected chi connectivity index (χ1v) is 11.5. The van der Waals surface area contributed by atoms with Crippen molar-refractivity contribution in [3.8, 4) is 0 Å². The molecule has 0 amide bonds. The van der Waals surface area contributed by atoms with Gasteiger partial charge in [0.25, 0.3) is 0 Å². The van der Waals surface area contributed by atoms with Crippen molar-refractivity contribution >= 4 is 45.5 Å². The Morgan fingerprint density at radius 3 is 2.68 bits per heavy atom. The summed E-state index contributed by atoms with van der Waals surface area (Å²) < 4.78 is 0. The number of carbonyl (C=O) groups excluding carboxylic acids is 1. The minimum Gasteiger partial charge on any atom is -0.354 e. The topological polar surface area (TPSA) is 74.2 Å². The van der Waals surface area contributed by atoms with E-state index < -0.39 is 0 Å². The van der Waals surface area contributed by atoms with Crippen molar-refractivity contribution in [2.24, 2.45) is 0 Å². The van der Waals surface area contributed by atoms with E-state index in [2.05, 4.69) is 37.0 Å². The largest absolute Gasteiger partial charge is 0.354 e. The number of ketones is 1. The average Bonchev–Trinajstić information content (AvgIpc) is 3.21. The number of rotatable bonds is 6. The van der Waals surface area contributed by atoms with Crippen LogP contribution in [0.3, 0.4) is 0 Å².